The summed E-state index contributed by atoms with van der Waals surface area (Å²) in [6.45, 7) is 14.1. The number of halogens is 5. The molecule has 0 aromatic carbocycles. The normalized spacial score (nSPS) is 17.3. The minimum atomic E-state index is -3.36. The van der Waals surface area contributed by atoms with Crippen molar-refractivity contribution in [2.24, 2.45) is 0 Å². The summed E-state index contributed by atoms with van der Waals surface area (Å²) in [6, 6.07) is 13.1. The largest absolute Gasteiger partial charge is 0.437 e. The van der Waals surface area contributed by atoms with Gasteiger partial charge in [0.25, 0.3) is 0 Å². The van der Waals surface area contributed by atoms with E-state index in [4.69, 9.17) is 19.4 Å². The van der Waals surface area contributed by atoms with Crippen LogP contribution in [0.3, 0.4) is 0 Å². The lowest BCUT2D eigenvalue weighted by Crippen LogP contribution is -2.51. The van der Waals surface area contributed by atoms with Crippen LogP contribution in [-0.2, 0) is 14.6 Å². The zero-order chi connectivity index (χ0) is 72.7. The van der Waals surface area contributed by atoms with Crippen LogP contribution in [0.1, 0.15) is 89.9 Å². The fourth-order valence-corrected chi connectivity index (χ4v) is 14.7. The van der Waals surface area contributed by atoms with Gasteiger partial charge < -0.3 is 71.6 Å². The lowest BCUT2D eigenvalue weighted by atomic mass is 9.84. The van der Waals surface area contributed by atoms with E-state index in [-0.39, 0.29) is 23.3 Å². The van der Waals surface area contributed by atoms with Gasteiger partial charge in [0.05, 0.1) is 53.5 Å². The lowest BCUT2D eigenvalue weighted by molar-refractivity contribution is -0.105. The van der Waals surface area contributed by atoms with Crippen LogP contribution in [0, 0.1) is 0 Å². The molecule has 11 heterocycles. The number of sulfone groups is 1. The maximum atomic E-state index is 11.4. The summed E-state index contributed by atoms with van der Waals surface area (Å²) in [5, 5.41) is 32.2. The summed E-state index contributed by atoms with van der Waals surface area (Å²) < 4.78 is 26.1. The number of anilines is 12. The van der Waals surface area contributed by atoms with Crippen LogP contribution < -0.4 is 56.8 Å². The fourth-order valence-electron chi connectivity index (χ4n) is 12.7. The van der Waals surface area contributed by atoms with Gasteiger partial charge >= 0.3 is 7.05 Å². The molecule has 8 N–H and O–H groups in total. The number of aromatic nitrogens is 11. The topological polar surface area (TPSA) is 334 Å². The molecule has 2 amide bonds. The second kappa shape index (κ2) is 39.4. The van der Waals surface area contributed by atoms with E-state index in [1.807, 2.05) is 37.4 Å². The summed E-state index contributed by atoms with van der Waals surface area (Å²) in [7, 11) is 1.47. The molecule has 37 heteroatoms. The van der Waals surface area contributed by atoms with Crippen molar-refractivity contribution in [3.63, 3.8) is 0 Å². The number of carbonyl (C=O) groups excluding carboxylic acids is 2. The number of pyridine rings is 3. The quantitative estimate of drug-likeness (QED) is 0.0225. The summed E-state index contributed by atoms with van der Waals surface area (Å²) >= 11 is 19.5. The Morgan fingerprint density at radius 3 is 1.42 bits per heavy atom. The highest BCUT2D eigenvalue weighted by Crippen LogP contribution is 2.32. The molecule has 0 bridgehead atoms. The first-order chi connectivity index (χ1) is 49.8. The molecule has 4 saturated heterocycles. The molecular formula is C66H87B2Br4ClN24O5S. The highest BCUT2D eigenvalue weighted by atomic mass is 79.9. The Morgan fingerprint density at radius 1 is 0.534 bits per heavy atom. The van der Waals surface area contributed by atoms with E-state index in [0.717, 1.165) is 151 Å². The van der Waals surface area contributed by atoms with E-state index >= 15 is 0 Å². The standard InChI is InChI=1S/C19H27BBrN7O.C17H22BrN7.C11H13BN4O2.C10H14BrN3O2S.C9H11BrClN3/c1-20(29)28-10-8-27(9-11-28)15-6-7-17(22-12-15)25-19-23-13-16(21)18(26-19)24-14-4-2-3-5-14;18-14-12-21-17(23-16(14)25-7-1-2-8-25)22-15-4-3-13(11-20-15)24-9-5-19-6-10-24;12-11(18)16-5-3-15(4-6-16)9-1-2-10(13-7-9)14-8-17;1-17(15,16)10-12-6-8(11)9(14-10)13-7-4-2-3-5-7;10-7-5-12-9(11)14-8(7)13-6-3-1-2-4-6/h6-7,12-14,29H,2-5,8-11H2,1H3,(H2,22,23,24,25,26);3-4,11-12,19H,1-2,5-10H2,(H,20,21,22,23);1-2,7-8H,3-6H2,(H,13,14,17);6-7H,2-5H2,1H3,(H,12,13,14);5-6H,1-4H2,(H,12,13,14). The average molecular weight is 1710 g/mol. The van der Waals surface area contributed by atoms with Gasteiger partial charge in [-0.25, -0.2) is 43.3 Å². The van der Waals surface area contributed by atoms with E-state index in [9.17, 15) is 23.0 Å². The van der Waals surface area contributed by atoms with Gasteiger partial charge in [-0.05, 0) is 170 Å². The third-order valence-corrected chi connectivity index (χ3v) is 21.7. The maximum absolute atomic E-state index is 11.4. The van der Waals surface area contributed by atoms with Gasteiger partial charge in [-0.15, -0.1) is 0 Å². The van der Waals surface area contributed by atoms with Gasteiger partial charge in [0.2, 0.25) is 46.4 Å². The smallest absolute Gasteiger partial charge is 0.376 e. The first kappa shape index (κ1) is 78.7. The average Bonchev–Trinajstić information content (AvgIpc) is 1.74. The Bertz CT molecular complexity index is 3950. The molecule has 103 heavy (non-hydrogen) atoms. The number of amides is 2. The first-order valence-electron chi connectivity index (χ1n) is 34.9. The number of rotatable bonds is 18. The van der Waals surface area contributed by atoms with E-state index in [2.05, 4.69) is 192 Å². The minimum Gasteiger partial charge on any atom is -0.437 e. The van der Waals surface area contributed by atoms with Gasteiger partial charge in [0.15, 0.2) is 5.81 Å². The Balaban J connectivity index is 0.000000142. The minimum absolute atomic E-state index is 0.138. The van der Waals surface area contributed by atoms with Gasteiger partial charge in [0, 0.05) is 141 Å². The first-order valence-corrected chi connectivity index (χ1v) is 40.3. The zero-order valence-corrected chi connectivity index (χ0v) is 65.7. The van der Waals surface area contributed by atoms with Crippen molar-refractivity contribution in [2.75, 3.05) is 149 Å². The molecule has 0 spiro atoms. The lowest BCUT2D eigenvalue weighted by Gasteiger charge is -2.36. The molecule has 7 fully saturated rings. The molecule has 14 rings (SSSR count). The molecule has 3 aliphatic carbocycles. The molecule has 7 aliphatic rings. The number of hydrogen-bond donors (Lipinski definition) is 8. The van der Waals surface area contributed by atoms with Gasteiger partial charge in [-0.3, -0.25) is 9.59 Å². The molecule has 7 aromatic heterocycles. The molecule has 4 aliphatic heterocycles. The van der Waals surface area contributed by atoms with Crippen molar-refractivity contribution in [3.05, 3.63) is 103 Å². The molecule has 548 valence electrons. The van der Waals surface area contributed by atoms with Crippen molar-refractivity contribution >= 4 is 182 Å². The van der Waals surface area contributed by atoms with E-state index in [1.165, 1.54) is 83.2 Å². The third-order valence-electron chi connectivity index (χ3n) is 18.3. The number of nitrogens with one attached hydrogen (secondary N) is 7. The van der Waals surface area contributed by atoms with Crippen LogP contribution in [0.15, 0.2) is 103 Å². The Morgan fingerprint density at radius 2 is 0.961 bits per heavy atom. The molecular weight excluding hydrogens is 1620 g/mol. The molecule has 0 unspecified atom stereocenters. The zero-order valence-electron chi connectivity index (χ0n) is 57.7. The van der Waals surface area contributed by atoms with Crippen molar-refractivity contribution in [2.45, 2.75) is 120 Å². The Labute approximate surface area is 642 Å². The third kappa shape index (κ3) is 24.3. The summed E-state index contributed by atoms with van der Waals surface area (Å²) in [5.74, 6) is 5.85. The molecule has 2 radical (unpaired) electrons. The van der Waals surface area contributed by atoms with Crippen molar-refractivity contribution in [1.29, 1.82) is 0 Å². The fraction of sp³-hybridized carbons (Fsp3) is 0.500. The number of piperazine rings is 3. The summed E-state index contributed by atoms with van der Waals surface area (Å²) in [6.07, 6.45) is 30.9. The van der Waals surface area contributed by atoms with Crippen LogP contribution in [0.5, 0.6) is 0 Å². The SMILES string of the molecule is Brc1cnc(Nc2ccc(N3CCNCC3)cn2)nc1N1CCCC1.CB(O)N1CCN(c2ccc(Nc3ncc(Br)c(NC4CCCC4)n3)nc2)CC1.CS(=O)(=O)c1ncc(Br)c(NC2CCCC2)n1.Clc1ncc(Br)c(NC2CCCC2)n1.[B]C(=O)N1CCN(c2ccc(NC=O)nc2)CC1. The predicted molar refractivity (Wildman–Crippen MR) is 423 cm³/mol. The highest BCUT2D eigenvalue weighted by molar-refractivity contribution is 9.11. The number of carbonyl (C=O) groups is 2. The van der Waals surface area contributed by atoms with Gasteiger partial charge in [0.1, 0.15) is 40.7 Å². The van der Waals surface area contributed by atoms with Crippen LogP contribution in [0.4, 0.5) is 74.5 Å². The van der Waals surface area contributed by atoms with Crippen molar-refractivity contribution in [1.82, 2.24) is 69.9 Å². The Kier molecular flexibility index (Phi) is 30.1. The highest BCUT2D eigenvalue weighted by Gasteiger charge is 2.26. The van der Waals surface area contributed by atoms with E-state index in [0.29, 0.717) is 71.4 Å². The van der Waals surface area contributed by atoms with Crippen LogP contribution in [-0.4, -0.2) is 221 Å². The molecule has 0 atom stereocenters. The number of nitrogens with zero attached hydrogens (tertiary/aromatic N) is 17. The molecule has 7 aromatic rings. The second-order valence-electron chi connectivity index (χ2n) is 25.7. The van der Waals surface area contributed by atoms with Crippen LogP contribution in [0.25, 0.3) is 0 Å². The van der Waals surface area contributed by atoms with Gasteiger partial charge in [-0.1, -0.05) is 38.5 Å². The van der Waals surface area contributed by atoms with Crippen molar-refractivity contribution in [3.8, 4) is 0 Å². The Hall–Kier alpha value is -6.92. The van der Waals surface area contributed by atoms with Gasteiger partial charge in [-0.2, -0.15) is 19.9 Å². The monoisotopic (exact) mass is 1700 g/mol. The predicted octanol–water partition coefficient (Wildman–Crippen LogP) is 10.7. The molecule has 29 nitrogen and oxygen atoms in total. The molecule has 3 saturated carbocycles. The summed E-state index contributed by atoms with van der Waals surface area (Å²) in [5.41, 5.74) is 3.21. The maximum Gasteiger partial charge on any atom is 0.376 e. The summed E-state index contributed by atoms with van der Waals surface area (Å²) in [4.78, 5) is 81.0. The van der Waals surface area contributed by atoms with E-state index < -0.39 is 9.84 Å². The van der Waals surface area contributed by atoms with Crippen LogP contribution >= 0.6 is 75.3 Å². The van der Waals surface area contributed by atoms with E-state index in [1.54, 1.807) is 35.8 Å². The van der Waals surface area contributed by atoms with Crippen molar-refractivity contribution < 1.29 is 23.0 Å². The van der Waals surface area contributed by atoms with Crippen LogP contribution in [0.2, 0.25) is 12.1 Å². The second-order valence-corrected chi connectivity index (χ2v) is 31.4. The number of hydrogen-bond acceptors (Lipinski definition) is 27.